The molecule has 116 valence electrons. The summed E-state index contributed by atoms with van der Waals surface area (Å²) >= 11 is 6.78. The molecule has 0 fully saturated rings. The van der Waals surface area contributed by atoms with Crippen molar-refractivity contribution < 1.29 is 18.7 Å². The molecule has 0 amide bonds. The van der Waals surface area contributed by atoms with E-state index in [-0.39, 0.29) is 16.7 Å². The molecule has 0 aliphatic rings. The maximum atomic E-state index is 13.0. The Morgan fingerprint density at radius 1 is 1.22 bits per heavy atom. The number of oxazole rings is 1. The summed E-state index contributed by atoms with van der Waals surface area (Å²) in [5.74, 6) is -1.53. The first-order chi connectivity index (χ1) is 11.0. The first kappa shape index (κ1) is 15.5. The van der Waals surface area contributed by atoms with E-state index in [0.29, 0.717) is 15.6 Å². The van der Waals surface area contributed by atoms with E-state index in [2.05, 4.69) is 9.97 Å². The van der Waals surface area contributed by atoms with Gasteiger partial charge in [0, 0.05) is 11.8 Å². The lowest BCUT2D eigenvalue weighted by Gasteiger charge is -1.98. The largest absolute Gasteiger partial charge is 0.476 e. The average molecular weight is 351 g/mol. The van der Waals surface area contributed by atoms with E-state index >= 15 is 0 Å². The quantitative estimate of drug-likeness (QED) is 0.752. The number of nitrogens with zero attached hydrogens (tertiary/aromatic N) is 2. The first-order valence-corrected chi connectivity index (χ1v) is 7.52. The lowest BCUT2D eigenvalue weighted by molar-refractivity contribution is 0.0685. The van der Waals surface area contributed by atoms with Crippen LogP contribution in [0.2, 0.25) is 5.02 Å². The Morgan fingerprint density at radius 2 is 1.96 bits per heavy atom. The number of halogens is 2. The summed E-state index contributed by atoms with van der Waals surface area (Å²) in [6.45, 7) is 0. The summed E-state index contributed by atoms with van der Waals surface area (Å²) in [7, 11) is 0. The van der Waals surface area contributed by atoms with Crippen LogP contribution in [0, 0.1) is 5.82 Å². The van der Waals surface area contributed by atoms with Crippen molar-refractivity contribution in [1.29, 1.82) is 0 Å². The van der Waals surface area contributed by atoms with Gasteiger partial charge in [-0.05, 0) is 48.2 Å². The van der Waals surface area contributed by atoms with Crippen molar-refractivity contribution in [2.24, 2.45) is 0 Å². The number of carboxylic acid groups (broad SMARTS) is 1. The fourth-order valence-electron chi connectivity index (χ4n) is 1.74. The number of pyridine rings is 1. The zero-order valence-corrected chi connectivity index (χ0v) is 12.9. The van der Waals surface area contributed by atoms with Gasteiger partial charge in [0.2, 0.25) is 16.7 Å². The van der Waals surface area contributed by atoms with Gasteiger partial charge in [-0.1, -0.05) is 11.6 Å². The number of benzene rings is 1. The van der Waals surface area contributed by atoms with Gasteiger partial charge < -0.3 is 9.52 Å². The number of rotatable bonds is 4. The Hall–Kier alpha value is -2.38. The van der Waals surface area contributed by atoms with Crippen LogP contribution in [0.1, 0.15) is 10.5 Å². The second kappa shape index (κ2) is 6.39. The van der Waals surface area contributed by atoms with E-state index in [1.807, 2.05) is 0 Å². The predicted octanol–water partition coefficient (Wildman–Crippen LogP) is 4.38. The van der Waals surface area contributed by atoms with E-state index in [4.69, 9.17) is 16.0 Å². The lowest BCUT2D eigenvalue weighted by Crippen LogP contribution is -1.98. The van der Waals surface area contributed by atoms with Crippen LogP contribution in [0.15, 0.2) is 57.1 Å². The van der Waals surface area contributed by atoms with Crippen LogP contribution in [0.5, 0.6) is 0 Å². The minimum Gasteiger partial charge on any atom is -0.476 e. The van der Waals surface area contributed by atoms with Gasteiger partial charge in [-0.15, -0.1) is 0 Å². The summed E-state index contributed by atoms with van der Waals surface area (Å²) < 4.78 is 18.5. The third-order valence-corrected chi connectivity index (χ3v) is 3.92. The zero-order valence-electron chi connectivity index (χ0n) is 11.4. The van der Waals surface area contributed by atoms with Crippen molar-refractivity contribution in [3.8, 4) is 11.5 Å². The number of carboxylic acids is 1. The van der Waals surface area contributed by atoms with Crippen molar-refractivity contribution >= 4 is 29.3 Å². The molecule has 0 spiro atoms. The maximum absolute atomic E-state index is 13.0. The van der Waals surface area contributed by atoms with Gasteiger partial charge in [-0.25, -0.2) is 19.2 Å². The number of carbonyl (C=O) groups is 1. The normalized spacial score (nSPS) is 10.7. The Balaban J connectivity index is 1.97. The molecule has 8 heteroatoms. The summed E-state index contributed by atoms with van der Waals surface area (Å²) in [6.07, 6.45) is 1.45. The molecule has 23 heavy (non-hydrogen) atoms. The molecule has 0 saturated heterocycles. The average Bonchev–Trinajstić information content (AvgIpc) is 2.94. The summed E-state index contributed by atoms with van der Waals surface area (Å²) in [5.41, 5.74) is 0.246. The van der Waals surface area contributed by atoms with Crippen LogP contribution in [0.25, 0.3) is 11.5 Å². The molecule has 0 atom stereocenters. The van der Waals surface area contributed by atoms with Gasteiger partial charge in [-0.3, -0.25) is 0 Å². The fourth-order valence-corrected chi connectivity index (χ4v) is 2.64. The minimum atomic E-state index is -1.22. The third-order valence-electron chi connectivity index (χ3n) is 2.79. The van der Waals surface area contributed by atoms with Crippen molar-refractivity contribution in [3.05, 3.63) is 59.1 Å². The highest BCUT2D eigenvalue weighted by Crippen LogP contribution is 2.33. The van der Waals surface area contributed by atoms with Crippen molar-refractivity contribution in [2.75, 3.05) is 0 Å². The molecule has 3 aromatic rings. The molecule has 0 unspecified atom stereocenters. The summed E-state index contributed by atoms with van der Waals surface area (Å²) in [5, 5.41) is 10.3. The van der Waals surface area contributed by atoms with Gasteiger partial charge in [0.25, 0.3) is 0 Å². The number of aromatic nitrogens is 2. The van der Waals surface area contributed by atoms with Crippen molar-refractivity contribution in [1.82, 2.24) is 9.97 Å². The van der Waals surface area contributed by atoms with Crippen LogP contribution >= 0.6 is 23.4 Å². The highest BCUT2D eigenvalue weighted by atomic mass is 35.5. The van der Waals surface area contributed by atoms with Gasteiger partial charge in [0.05, 0.1) is 5.02 Å². The monoisotopic (exact) mass is 350 g/mol. The number of hydrogen-bond donors (Lipinski definition) is 1. The van der Waals surface area contributed by atoms with E-state index < -0.39 is 11.8 Å². The summed E-state index contributed by atoms with van der Waals surface area (Å²) in [6, 6.07) is 8.68. The Kier molecular flexibility index (Phi) is 4.31. The van der Waals surface area contributed by atoms with Crippen molar-refractivity contribution in [2.45, 2.75) is 10.1 Å². The number of aromatic carboxylic acids is 1. The van der Waals surface area contributed by atoms with E-state index in [1.165, 1.54) is 30.5 Å². The fraction of sp³-hybridized carbons (Fsp3) is 0. The Labute approximate surface area is 139 Å². The highest BCUT2D eigenvalue weighted by Gasteiger charge is 2.21. The van der Waals surface area contributed by atoms with Gasteiger partial charge in [0.15, 0.2) is 0 Å². The zero-order chi connectivity index (χ0) is 16.4. The van der Waals surface area contributed by atoms with Crippen LogP contribution < -0.4 is 0 Å². The van der Waals surface area contributed by atoms with E-state index in [0.717, 1.165) is 11.8 Å². The molecule has 1 aromatic carbocycles. The SMILES string of the molecule is O=C(O)c1nc(-c2ccc(F)cc2)oc1Sc1ccc(Cl)cn1. The molecule has 2 heterocycles. The molecular formula is C15H8ClFN2O3S. The van der Waals surface area contributed by atoms with Gasteiger partial charge in [0.1, 0.15) is 10.8 Å². The van der Waals surface area contributed by atoms with Gasteiger partial charge >= 0.3 is 5.97 Å². The molecular weight excluding hydrogens is 343 g/mol. The minimum absolute atomic E-state index is 0.0895. The topological polar surface area (TPSA) is 76.2 Å². The maximum Gasteiger partial charge on any atom is 0.359 e. The smallest absolute Gasteiger partial charge is 0.359 e. The number of hydrogen-bond acceptors (Lipinski definition) is 5. The molecule has 0 bridgehead atoms. The third kappa shape index (κ3) is 3.52. The predicted molar refractivity (Wildman–Crippen MR) is 82.2 cm³/mol. The summed E-state index contributed by atoms with van der Waals surface area (Å²) in [4.78, 5) is 19.4. The molecule has 1 N–H and O–H groups in total. The molecule has 0 radical (unpaired) electrons. The second-order valence-electron chi connectivity index (χ2n) is 4.38. The highest BCUT2D eigenvalue weighted by molar-refractivity contribution is 7.99. The van der Waals surface area contributed by atoms with E-state index in [1.54, 1.807) is 12.1 Å². The van der Waals surface area contributed by atoms with Gasteiger partial charge in [-0.2, -0.15) is 0 Å². The Morgan fingerprint density at radius 3 is 2.57 bits per heavy atom. The molecule has 5 nitrogen and oxygen atoms in total. The molecule has 0 aliphatic heterocycles. The molecule has 3 rings (SSSR count). The molecule has 0 saturated carbocycles. The van der Waals surface area contributed by atoms with Crippen LogP contribution in [-0.2, 0) is 0 Å². The van der Waals surface area contributed by atoms with Crippen LogP contribution in [-0.4, -0.2) is 21.0 Å². The van der Waals surface area contributed by atoms with Crippen LogP contribution in [0.3, 0.4) is 0 Å². The second-order valence-corrected chi connectivity index (χ2v) is 5.81. The van der Waals surface area contributed by atoms with Crippen LogP contribution in [0.4, 0.5) is 4.39 Å². The first-order valence-electron chi connectivity index (χ1n) is 6.32. The Bertz CT molecular complexity index is 850. The molecule has 0 aliphatic carbocycles. The standard InChI is InChI=1S/C15H8ClFN2O3S/c16-9-3-6-11(18-7-9)23-15-12(14(20)21)19-13(22-15)8-1-4-10(17)5-2-8/h1-7H,(H,20,21). The molecule has 2 aromatic heterocycles. The van der Waals surface area contributed by atoms with Crippen molar-refractivity contribution in [3.63, 3.8) is 0 Å². The lowest BCUT2D eigenvalue weighted by atomic mass is 10.2. The van der Waals surface area contributed by atoms with E-state index in [9.17, 15) is 14.3 Å².